The molecule has 2 aliphatic rings. The van der Waals surface area contributed by atoms with Crippen LogP contribution in [0.2, 0.25) is 0 Å². The lowest BCUT2D eigenvalue weighted by Crippen LogP contribution is -2.38. The molecular formula is C15H22N2. The van der Waals surface area contributed by atoms with E-state index in [4.69, 9.17) is 5.73 Å². The molecule has 2 N–H and O–H groups in total. The van der Waals surface area contributed by atoms with Crippen LogP contribution in [0.4, 0.5) is 5.69 Å². The van der Waals surface area contributed by atoms with E-state index in [-0.39, 0.29) is 0 Å². The lowest BCUT2D eigenvalue weighted by molar-refractivity contribution is 0.392. The molecule has 0 aromatic heterocycles. The summed E-state index contributed by atoms with van der Waals surface area (Å²) in [6, 6.07) is 7.59. The van der Waals surface area contributed by atoms with E-state index in [1.165, 1.54) is 43.5 Å². The smallest absolute Gasteiger partial charge is 0.0404 e. The Morgan fingerprint density at radius 3 is 2.88 bits per heavy atom. The van der Waals surface area contributed by atoms with Crippen molar-refractivity contribution in [3.8, 4) is 0 Å². The fourth-order valence-electron chi connectivity index (χ4n) is 3.15. The Balaban J connectivity index is 1.93. The summed E-state index contributed by atoms with van der Waals surface area (Å²) in [6.07, 6.45) is 5.40. The maximum absolute atomic E-state index is 5.82. The van der Waals surface area contributed by atoms with E-state index in [1.807, 2.05) is 0 Å². The van der Waals surface area contributed by atoms with E-state index in [2.05, 4.69) is 30.0 Å². The molecule has 1 aromatic carbocycles. The van der Waals surface area contributed by atoms with Crippen LogP contribution < -0.4 is 10.6 Å². The van der Waals surface area contributed by atoms with Gasteiger partial charge in [0.15, 0.2) is 0 Å². The Morgan fingerprint density at radius 2 is 2.24 bits per heavy atom. The van der Waals surface area contributed by atoms with Gasteiger partial charge in [0.25, 0.3) is 0 Å². The van der Waals surface area contributed by atoms with Crippen molar-refractivity contribution in [1.82, 2.24) is 0 Å². The summed E-state index contributed by atoms with van der Waals surface area (Å²) in [5, 5.41) is 0. The maximum Gasteiger partial charge on any atom is 0.0404 e. The minimum absolute atomic E-state index is 0.492. The first-order chi connectivity index (χ1) is 8.31. The summed E-state index contributed by atoms with van der Waals surface area (Å²) in [5.74, 6) is 0.492. The highest BCUT2D eigenvalue weighted by atomic mass is 15.2. The van der Waals surface area contributed by atoms with E-state index >= 15 is 0 Å². The molecule has 0 saturated heterocycles. The van der Waals surface area contributed by atoms with Crippen molar-refractivity contribution in [3.63, 3.8) is 0 Å². The van der Waals surface area contributed by atoms with Crippen molar-refractivity contribution >= 4 is 5.69 Å². The highest BCUT2D eigenvalue weighted by molar-refractivity contribution is 5.62. The summed E-state index contributed by atoms with van der Waals surface area (Å²) < 4.78 is 0. The van der Waals surface area contributed by atoms with Gasteiger partial charge in [0, 0.05) is 18.3 Å². The van der Waals surface area contributed by atoms with E-state index in [0.717, 1.165) is 12.6 Å². The molecule has 2 heteroatoms. The lowest BCUT2D eigenvalue weighted by atomic mass is 9.91. The molecule has 0 spiro atoms. The first-order valence-corrected chi connectivity index (χ1v) is 6.89. The van der Waals surface area contributed by atoms with Crippen LogP contribution in [0, 0.1) is 0 Å². The number of hydrogen-bond donors (Lipinski definition) is 1. The molecule has 1 aliphatic carbocycles. The van der Waals surface area contributed by atoms with Gasteiger partial charge >= 0.3 is 0 Å². The topological polar surface area (TPSA) is 29.3 Å². The normalized spacial score (nSPS) is 21.2. The van der Waals surface area contributed by atoms with Crippen molar-refractivity contribution in [2.75, 3.05) is 18.0 Å². The van der Waals surface area contributed by atoms with E-state index in [1.54, 1.807) is 5.56 Å². The van der Waals surface area contributed by atoms with Crippen LogP contribution in [-0.2, 0) is 6.42 Å². The van der Waals surface area contributed by atoms with Crippen molar-refractivity contribution < 1.29 is 0 Å². The Morgan fingerprint density at radius 1 is 1.41 bits per heavy atom. The monoisotopic (exact) mass is 230 g/mol. The van der Waals surface area contributed by atoms with Crippen molar-refractivity contribution in [3.05, 3.63) is 29.3 Å². The second kappa shape index (κ2) is 4.34. The molecule has 1 fully saturated rings. The van der Waals surface area contributed by atoms with Crippen LogP contribution in [-0.4, -0.2) is 19.1 Å². The zero-order chi connectivity index (χ0) is 11.8. The molecule has 0 amide bonds. The van der Waals surface area contributed by atoms with Crippen LogP contribution in [0.25, 0.3) is 0 Å². The SMILES string of the molecule is CC(CN)c1cccc2c1CCN2C1CCC1. The average Bonchev–Trinajstić information content (AvgIpc) is 2.70. The van der Waals surface area contributed by atoms with E-state index in [0.29, 0.717) is 5.92 Å². The molecule has 1 heterocycles. The Hall–Kier alpha value is -1.02. The molecule has 1 unspecified atom stereocenters. The molecular weight excluding hydrogens is 208 g/mol. The fourth-order valence-corrected chi connectivity index (χ4v) is 3.15. The standard InChI is InChI=1S/C15H22N2/c1-11(10-16)13-6-3-7-15-14(13)8-9-17(15)12-4-2-5-12/h3,6-7,11-12H,2,4-5,8-10,16H2,1H3. The summed E-state index contributed by atoms with van der Waals surface area (Å²) in [6.45, 7) is 4.20. The molecule has 1 saturated carbocycles. The number of rotatable bonds is 3. The first kappa shape index (κ1) is 11.1. The highest BCUT2D eigenvalue weighted by Gasteiger charge is 2.31. The van der Waals surface area contributed by atoms with Gasteiger partial charge in [0.05, 0.1) is 0 Å². The quantitative estimate of drug-likeness (QED) is 0.865. The van der Waals surface area contributed by atoms with Crippen molar-refractivity contribution in [2.45, 2.75) is 44.6 Å². The average molecular weight is 230 g/mol. The van der Waals surface area contributed by atoms with E-state index < -0.39 is 0 Å². The predicted octanol–water partition coefficient (Wildman–Crippen LogP) is 2.66. The molecule has 0 radical (unpaired) electrons. The maximum atomic E-state index is 5.82. The first-order valence-electron chi connectivity index (χ1n) is 6.89. The van der Waals surface area contributed by atoms with Gasteiger partial charge in [-0.15, -0.1) is 0 Å². The van der Waals surface area contributed by atoms with Gasteiger partial charge < -0.3 is 10.6 Å². The van der Waals surface area contributed by atoms with Gasteiger partial charge in [-0.05, 0) is 55.3 Å². The fraction of sp³-hybridized carbons (Fsp3) is 0.600. The number of nitrogens with two attached hydrogens (primary N) is 1. The second-order valence-electron chi connectivity index (χ2n) is 5.51. The minimum Gasteiger partial charge on any atom is -0.368 e. The third kappa shape index (κ3) is 1.75. The van der Waals surface area contributed by atoms with Gasteiger partial charge in [0.2, 0.25) is 0 Å². The number of fused-ring (bicyclic) bond motifs is 1. The van der Waals surface area contributed by atoms with Gasteiger partial charge in [-0.3, -0.25) is 0 Å². The van der Waals surface area contributed by atoms with Crippen LogP contribution in [0.15, 0.2) is 18.2 Å². The number of anilines is 1. The van der Waals surface area contributed by atoms with Gasteiger partial charge in [-0.25, -0.2) is 0 Å². The van der Waals surface area contributed by atoms with Gasteiger partial charge in [-0.1, -0.05) is 19.1 Å². The lowest BCUT2D eigenvalue weighted by Gasteiger charge is -2.36. The summed E-state index contributed by atoms with van der Waals surface area (Å²) in [5.41, 5.74) is 10.4. The Kier molecular flexibility index (Phi) is 2.83. The summed E-state index contributed by atoms with van der Waals surface area (Å²) in [4.78, 5) is 2.63. The third-order valence-electron chi connectivity index (χ3n) is 4.50. The zero-order valence-electron chi connectivity index (χ0n) is 10.7. The summed E-state index contributed by atoms with van der Waals surface area (Å²) in [7, 11) is 0. The van der Waals surface area contributed by atoms with Crippen LogP contribution in [0.5, 0.6) is 0 Å². The molecule has 0 bridgehead atoms. The van der Waals surface area contributed by atoms with Crippen molar-refractivity contribution in [2.24, 2.45) is 5.73 Å². The highest BCUT2D eigenvalue weighted by Crippen LogP contribution is 2.39. The molecule has 1 aliphatic heterocycles. The summed E-state index contributed by atoms with van der Waals surface area (Å²) >= 11 is 0. The third-order valence-corrected chi connectivity index (χ3v) is 4.50. The van der Waals surface area contributed by atoms with Crippen LogP contribution >= 0.6 is 0 Å². The predicted molar refractivity (Wildman–Crippen MR) is 72.6 cm³/mol. The van der Waals surface area contributed by atoms with Crippen LogP contribution in [0.1, 0.15) is 43.2 Å². The van der Waals surface area contributed by atoms with Gasteiger partial charge in [-0.2, -0.15) is 0 Å². The number of nitrogens with zero attached hydrogens (tertiary/aromatic N) is 1. The van der Waals surface area contributed by atoms with E-state index in [9.17, 15) is 0 Å². The Bertz CT molecular complexity index is 409. The van der Waals surface area contributed by atoms with Gasteiger partial charge in [0.1, 0.15) is 0 Å². The zero-order valence-corrected chi connectivity index (χ0v) is 10.7. The number of benzene rings is 1. The minimum atomic E-state index is 0.492. The second-order valence-corrected chi connectivity index (χ2v) is 5.51. The molecule has 1 atom stereocenters. The molecule has 2 nitrogen and oxygen atoms in total. The molecule has 3 rings (SSSR count). The van der Waals surface area contributed by atoms with Crippen LogP contribution in [0.3, 0.4) is 0 Å². The number of hydrogen-bond acceptors (Lipinski definition) is 2. The molecule has 17 heavy (non-hydrogen) atoms. The van der Waals surface area contributed by atoms with Crippen molar-refractivity contribution in [1.29, 1.82) is 0 Å². The molecule has 92 valence electrons. The molecule has 1 aromatic rings. The Labute approximate surface area is 104 Å². The largest absolute Gasteiger partial charge is 0.368 e.